The predicted octanol–water partition coefficient (Wildman–Crippen LogP) is 2.79. The molecule has 0 aromatic carbocycles. The molecular formula is C16H26FNO2. The first kappa shape index (κ1) is 14.3. The van der Waals surface area contributed by atoms with Crippen molar-refractivity contribution in [3.63, 3.8) is 0 Å². The van der Waals surface area contributed by atoms with Crippen LogP contribution in [-0.2, 0) is 9.53 Å². The Morgan fingerprint density at radius 1 is 1.15 bits per heavy atom. The van der Waals surface area contributed by atoms with Crippen LogP contribution in [-0.4, -0.2) is 43.3 Å². The maximum Gasteiger partial charge on any atom is 0.310 e. The van der Waals surface area contributed by atoms with E-state index in [1.807, 2.05) is 0 Å². The largest absolute Gasteiger partial charge is 0.469 e. The van der Waals surface area contributed by atoms with Crippen LogP contribution in [0.25, 0.3) is 0 Å². The van der Waals surface area contributed by atoms with Gasteiger partial charge < -0.3 is 4.74 Å². The molecule has 0 amide bonds. The number of rotatable bonds is 2. The van der Waals surface area contributed by atoms with Gasteiger partial charge in [0.25, 0.3) is 0 Å². The van der Waals surface area contributed by atoms with Crippen molar-refractivity contribution in [2.45, 2.75) is 63.2 Å². The van der Waals surface area contributed by atoms with Gasteiger partial charge in [0, 0.05) is 12.1 Å². The van der Waals surface area contributed by atoms with E-state index < -0.39 is 6.17 Å². The summed E-state index contributed by atoms with van der Waals surface area (Å²) in [6, 6.07) is 0.961. The second kappa shape index (κ2) is 5.63. The Bertz CT molecular complexity index is 367. The highest BCUT2D eigenvalue weighted by molar-refractivity contribution is 5.74. The number of halogens is 1. The number of ether oxygens (including phenoxy) is 1. The fraction of sp³-hybridized carbons (Fsp3) is 0.938. The molecule has 1 saturated carbocycles. The van der Waals surface area contributed by atoms with Crippen LogP contribution in [0.5, 0.6) is 0 Å². The second-order valence-corrected chi connectivity index (χ2v) is 6.92. The van der Waals surface area contributed by atoms with E-state index in [-0.39, 0.29) is 11.9 Å². The summed E-state index contributed by atoms with van der Waals surface area (Å²) in [6.07, 6.45) is 6.03. The van der Waals surface area contributed by atoms with Crippen molar-refractivity contribution in [2.75, 3.05) is 14.2 Å². The first-order valence-electron chi connectivity index (χ1n) is 8.05. The molecule has 3 fully saturated rings. The fourth-order valence-corrected chi connectivity index (χ4v) is 4.96. The summed E-state index contributed by atoms with van der Waals surface area (Å²) in [6.45, 7) is 0. The van der Waals surface area contributed by atoms with Crippen LogP contribution in [0.4, 0.5) is 4.39 Å². The van der Waals surface area contributed by atoms with Gasteiger partial charge >= 0.3 is 5.97 Å². The molecule has 0 N–H and O–H groups in total. The molecule has 2 aliphatic heterocycles. The minimum absolute atomic E-state index is 0.00455. The summed E-state index contributed by atoms with van der Waals surface area (Å²) >= 11 is 0. The molecule has 4 atom stereocenters. The Balaban J connectivity index is 1.79. The van der Waals surface area contributed by atoms with Gasteiger partial charge in [-0.2, -0.15) is 0 Å². The normalized spacial score (nSPS) is 45.4. The number of carbonyl (C=O) groups is 1. The van der Waals surface area contributed by atoms with Crippen molar-refractivity contribution >= 4 is 5.97 Å². The summed E-state index contributed by atoms with van der Waals surface area (Å²) < 4.78 is 18.5. The van der Waals surface area contributed by atoms with Gasteiger partial charge in [0.05, 0.1) is 13.0 Å². The number of methoxy groups -OCH3 is 1. The van der Waals surface area contributed by atoms with Crippen LogP contribution in [0.3, 0.4) is 0 Å². The van der Waals surface area contributed by atoms with Gasteiger partial charge in [-0.3, -0.25) is 9.69 Å². The molecule has 114 valence electrons. The number of carbonyl (C=O) groups excluding carboxylic acids is 1. The van der Waals surface area contributed by atoms with Crippen LogP contribution in [0.1, 0.15) is 44.9 Å². The van der Waals surface area contributed by atoms with Gasteiger partial charge in [0.15, 0.2) is 0 Å². The molecular weight excluding hydrogens is 257 g/mol. The zero-order valence-corrected chi connectivity index (χ0v) is 12.6. The topological polar surface area (TPSA) is 29.5 Å². The Kier molecular flexibility index (Phi) is 4.02. The molecule has 4 heteroatoms. The molecule has 3 rings (SSSR count). The maximum atomic E-state index is 13.4. The number of hydrogen-bond acceptors (Lipinski definition) is 3. The number of piperidine rings is 1. The van der Waals surface area contributed by atoms with Gasteiger partial charge in [-0.05, 0) is 63.8 Å². The van der Waals surface area contributed by atoms with Gasteiger partial charge in [-0.25, -0.2) is 4.39 Å². The average molecular weight is 283 g/mol. The van der Waals surface area contributed by atoms with Crippen LogP contribution in [0, 0.1) is 17.8 Å². The van der Waals surface area contributed by atoms with E-state index >= 15 is 0 Å². The van der Waals surface area contributed by atoms with E-state index in [0.717, 1.165) is 25.7 Å². The van der Waals surface area contributed by atoms with Crippen molar-refractivity contribution in [2.24, 2.45) is 17.8 Å². The lowest BCUT2D eigenvalue weighted by atomic mass is 9.68. The van der Waals surface area contributed by atoms with E-state index in [1.54, 1.807) is 0 Å². The number of esters is 1. The molecule has 20 heavy (non-hydrogen) atoms. The molecule has 2 bridgehead atoms. The van der Waals surface area contributed by atoms with Crippen LogP contribution >= 0.6 is 0 Å². The van der Waals surface area contributed by atoms with Crippen LogP contribution < -0.4 is 0 Å². The predicted molar refractivity (Wildman–Crippen MR) is 75.0 cm³/mol. The first-order chi connectivity index (χ1) is 9.61. The quantitative estimate of drug-likeness (QED) is 0.730. The van der Waals surface area contributed by atoms with Crippen molar-refractivity contribution in [1.29, 1.82) is 0 Å². The zero-order valence-electron chi connectivity index (χ0n) is 12.6. The summed E-state index contributed by atoms with van der Waals surface area (Å²) in [7, 11) is 3.64. The van der Waals surface area contributed by atoms with Crippen molar-refractivity contribution in [3.05, 3.63) is 0 Å². The molecule has 0 spiro atoms. The van der Waals surface area contributed by atoms with Crippen LogP contribution in [0.15, 0.2) is 0 Å². The standard InChI is InChI=1S/C16H26FNO2/c1-18-12-7-8-14(18)15(16(19)20-2)13(9-12)10-3-5-11(17)6-4-10/h10-15H,3-9H2,1-2H3. The maximum absolute atomic E-state index is 13.4. The van der Waals surface area contributed by atoms with Gasteiger partial charge in [0.2, 0.25) is 0 Å². The molecule has 3 nitrogen and oxygen atoms in total. The van der Waals surface area contributed by atoms with E-state index in [2.05, 4.69) is 11.9 Å². The molecule has 1 aliphatic carbocycles. The monoisotopic (exact) mass is 283 g/mol. The Morgan fingerprint density at radius 3 is 2.50 bits per heavy atom. The van der Waals surface area contributed by atoms with Gasteiger partial charge in [-0.15, -0.1) is 0 Å². The van der Waals surface area contributed by atoms with Gasteiger partial charge in [0.1, 0.15) is 6.17 Å². The van der Waals surface area contributed by atoms with Crippen molar-refractivity contribution < 1.29 is 13.9 Å². The lowest BCUT2D eigenvalue weighted by molar-refractivity contribution is -0.154. The second-order valence-electron chi connectivity index (χ2n) is 6.92. The van der Waals surface area contributed by atoms with E-state index in [1.165, 1.54) is 13.5 Å². The highest BCUT2D eigenvalue weighted by Crippen LogP contribution is 2.48. The summed E-state index contributed by atoms with van der Waals surface area (Å²) in [4.78, 5) is 14.7. The minimum atomic E-state index is -0.620. The molecule has 4 unspecified atom stereocenters. The van der Waals surface area contributed by atoms with Gasteiger partial charge in [-0.1, -0.05) is 0 Å². The smallest absolute Gasteiger partial charge is 0.310 e. The SMILES string of the molecule is COC(=O)C1C(C2CCC(F)CC2)CC2CCC1N2C. The first-order valence-corrected chi connectivity index (χ1v) is 8.05. The van der Waals surface area contributed by atoms with Crippen LogP contribution in [0.2, 0.25) is 0 Å². The molecule has 2 saturated heterocycles. The Labute approximate surface area is 120 Å². The zero-order chi connectivity index (χ0) is 14.3. The third kappa shape index (κ3) is 2.36. The minimum Gasteiger partial charge on any atom is -0.469 e. The highest BCUT2D eigenvalue weighted by atomic mass is 19.1. The molecule has 0 aromatic rings. The number of fused-ring (bicyclic) bond motifs is 2. The Hall–Kier alpha value is -0.640. The van der Waals surface area contributed by atoms with E-state index in [4.69, 9.17) is 4.74 Å². The summed E-state index contributed by atoms with van der Waals surface area (Å²) in [5.41, 5.74) is 0. The number of alkyl halides is 1. The lowest BCUT2D eigenvalue weighted by Gasteiger charge is -2.45. The third-order valence-electron chi connectivity index (χ3n) is 6.10. The average Bonchev–Trinajstić information content (AvgIpc) is 2.70. The highest BCUT2D eigenvalue weighted by Gasteiger charge is 2.51. The third-order valence-corrected chi connectivity index (χ3v) is 6.10. The number of nitrogens with zero attached hydrogens (tertiary/aromatic N) is 1. The molecule has 0 radical (unpaired) electrons. The fourth-order valence-electron chi connectivity index (χ4n) is 4.96. The molecule has 3 aliphatic rings. The van der Waals surface area contributed by atoms with Crippen molar-refractivity contribution in [3.8, 4) is 0 Å². The lowest BCUT2D eigenvalue weighted by Crippen LogP contribution is -2.52. The van der Waals surface area contributed by atoms with E-state index in [0.29, 0.717) is 36.8 Å². The van der Waals surface area contributed by atoms with Crippen molar-refractivity contribution in [1.82, 2.24) is 4.90 Å². The summed E-state index contributed by atoms with van der Waals surface area (Å²) in [5.74, 6) is 0.881. The molecule has 0 aromatic heterocycles. The molecule has 2 heterocycles. The summed E-state index contributed by atoms with van der Waals surface area (Å²) in [5, 5.41) is 0. The number of hydrogen-bond donors (Lipinski definition) is 0. The Morgan fingerprint density at radius 2 is 1.85 bits per heavy atom. The van der Waals surface area contributed by atoms with E-state index in [9.17, 15) is 9.18 Å².